The van der Waals surface area contributed by atoms with Gasteiger partial charge in [-0.1, -0.05) is 0 Å². The van der Waals surface area contributed by atoms with E-state index >= 15 is 0 Å². The van der Waals surface area contributed by atoms with Crippen LogP contribution in [0.5, 0.6) is 11.5 Å². The second-order valence-corrected chi connectivity index (χ2v) is 8.92. The number of anilines is 1. The molecule has 1 unspecified atom stereocenters. The van der Waals surface area contributed by atoms with Crippen LogP contribution >= 0.6 is 0 Å². The number of nitrogens with zero attached hydrogens (tertiary/aromatic N) is 1. The maximum absolute atomic E-state index is 13.9. The number of carbonyl (C=O) groups excluding carboxylic acids is 2. The van der Waals surface area contributed by atoms with Crippen molar-refractivity contribution in [2.24, 2.45) is 11.5 Å². The highest BCUT2D eigenvalue weighted by atomic mass is 19.4. The van der Waals surface area contributed by atoms with Crippen LogP contribution in [0.4, 0.5) is 23.2 Å². The third kappa shape index (κ3) is 6.23. The molecule has 7 nitrogen and oxygen atoms in total. The molecular weight excluding hydrogens is 492 g/mol. The van der Waals surface area contributed by atoms with Gasteiger partial charge in [-0.05, 0) is 79.3 Å². The summed E-state index contributed by atoms with van der Waals surface area (Å²) in [6, 6.07) is 7.72. The Labute approximate surface area is 209 Å². The predicted octanol–water partition coefficient (Wildman–Crippen LogP) is 5.35. The number of benzene rings is 2. The number of alkyl halides is 3. The van der Waals surface area contributed by atoms with Gasteiger partial charge in [-0.2, -0.15) is 13.2 Å². The molecule has 194 valence electrons. The molecule has 2 aromatic carbocycles. The summed E-state index contributed by atoms with van der Waals surface area (Å²) in [5.74, 6) is -2.21. The van der Waals surface area contributed by atoms with Gasteiger partial charge in [0.2, 0.25) is 5.91 Å². The fourth-order valence-corrected chi connectivity index (χ4v) is 3.93. The zero-order valence-electron chi connectivity index (χ0n) is 19.7. The molecule has 11 heteroatoms. The Kier molecular flexibility index (Phi) is 7.17. The van der Waals surface area contributed by atoms with Crippen molar-refractivity contribution in [2.45, 2.75) is 44.3 Å². The molecule has 3 aromatic rings. The first-order valence-corrected chi connectivity index (χ1v) is 11.4. The number of amides is 2. The monoisotopic (exact) mass is 516 g/mol. The predicted molar refractivity (Wildman–Crippen MR) is 128 cm³/mol. The normalized spacial score (nSPS) is 14.2. The molecule has 1 aromatic heterocycles. The average Bonchev–Trinajstić information content (AvgIpc) is 3.65. The van der Waals surface area contributed by atoms with Crippen molar-refractivity contribution in [1.29, 1.82) is 0 Å². The van der Waals surface area contributed by atoms with Crippen LogP contribution in [0, 0.1) is 12.7 Å². The Morgan fingerprint density at radius 2 is 1.86 bits per heavy atom. The number of pyridine rings is 1. The standard InChI is InChI=1S/C26H24F4N4O3/c1-13-8-15(27)4-5-22(13)37-23-11-17(14-2-3-14)19(26(28,29)30)10-18(23)25(36)34-16-6-7-33-21(9-16)20(31)12-24(32)35/h4-11,14,20H,2-3,12,31H2,1H3,(H2,32,35)(H,33,34,36). The third-order valence-electron chi connectivity index (χ3n) is 5.92. The Balaban J connectivity index is 1.73. The van der Waals surface area contributed by atoms with E-state index in [0.29, 0.717) is 18.4 Å². The van der Waals surface area contributed by atoms with E-state index in [4.69, 9.17) is 16.2 Å². The van der Waals surface area contributed by atoms with Crippen LogP contribution in [0.25, 0.3) is 0 Å². The highest BCUT2D eigenvalue weighted by Gasteiger charge is 2.40. The number of carbonyl (C=O) groups is 2. The second kappa shape index (κ2) is 10.2. The first-order chi connectivity index (χ1) is 17.4. The third-order valence-corrected chi connectivity index (χ3v) is 5.92. The van der Waals surface area contributed by atoms with Crippen LogP contribution in [0.1, 0.15) is 64.0 Å². The molecule has 0 bridgehead atoms. The lowest BCUT2D eigenvalue weighted by atomic mass is 9.98. The van der Waals surface area contributed by atoms with Crippen molar-refractivity contribution >= 4 is 17.5 Å². The minimum Gasteiger partial charge on any atom is -0.456 e. The number of nitrogens with one attached hydrogen (secondary N) is 1. The molecule has 37 heavy (non-hydrogen) atoms. The summed E-state index contributed by atoms with van der Waals surface area (Å²) in [5.41, 5.74) is 10.7. The molecule has 0 spiro atoms. The smallest absolute Gasteiger partial charge is 0.416 e. The molecule has 1 heterocycles. The van der Waals surface area contributed by atoms with Crippen LogP contribution in [0.3, 0.4) is 0 Å². The zero-order chi connectivity index (χ0) is 26.9. The fraction of sp³-hybridized carbons (Fsp3) is 0.269. The number of primary amides is 1. The first kappa shape index (κ1) is 26.1. The van der Waals surface area contributed by atoms with Gasteiger partial charge < -0.3 is 21.5 Å². The molecule has 2 amide bonds. The number of rotatable bonds is 8. The summed E-state index contributed by atoms with van der Waals surface area (Å²) in [6.07, 6.45) is -2.36. The molecule has 0 saturated heterocycles. The van der Waals surface area contributed by atoms with Crippen molar-refractivity contribution in [3.8, 4) is 11.5 Å². The summed E-state index contributed by atoms with van der Waals surface area (Å²) >= 11 is 0. The van der Waals surface area contributed by atoms with Crippen molar-refractivity contribution in [3.63, 3.8) is 0 Å². The van der Waals surface area contributed by atoms with Gasteiger partial charge in [-0.15, -0.1) is 0 Å². The lowest BCUT2D eigenvalue weighted by Gasteiger charge is -2.19. The quantitative estimate of drug-likeness (QED) is 0.349. The summed E-state index contributed by atoms with van der Waals surface area (Å²) in [4.78, 5) is 28.5. The maximum Gasteiger partial charge on any atom is 0.416 e. The fourth-order valence-electron chi connectivity index (χ4n) is 3.93. The van der Waals surface area contributed by atoms with E-state index in [1.807, 2.05) is 0 Å². The molecule has 5 N–H and O–H groups in total. The first-order valence-electron chi connectivity index (χ1n) is 11.4. The van der Waals surface area contributed by atoms with Crippen molar-refractivity contribution in [3.05, 3.63) is 82.4 Å². The van der Waals surface area contributed by atoms with Crippen molar-refractivity contribution in [1.82, 2.24) is 4.98 Å². The zero-order valence-corrected chi connectivity index (χ0v) is 19.7. The van der Waals surface area contributed by atoms with Crippen molar-refractivity contribution in [2.75, 3.05) is 5.32 Å². The Hall–Kier alpha value is -3.99. The molecule has 1 aliphatic rings. The van der Waals surface area contributed by atoms with E-state index in [1.165, 1.54) is 36.5 Å². The van der Waals surface area contributed by atoms with Crippen molar-refractivity contribution < 1.29 is 31.9 Å². The Bertz CT molecular complexity index is 1360. The minimum atomic E-state index is -4.69. The van der Waals surface area contributed by atoms with Crippen LogP contribution in [0.2, 0.25) is 0 Å². The molecule has 1 fully saturated rings. The van der Waals surface area contributed by atoms with Gasteiger partial charge in [0, 0.05) is 18.3 Å². The lowest BCUT2D eigenvalue weighted by Crippen LogP contribution is -2.22. The summed E-state index contributed by atoms with van der Waals surface area (Å²) in [5, 5.41) is 2.54. The van der Waals surface area contributed by atoms with Crippen LogP contribution < -0.4 is 21.5 Å². The number of ether oxygens (including phenoxy) is 1. The van der Waals surface area contributed by atoms with E-state index in [2.05, 4.69) is 10.3 Å². The second-order valence-electron chi connectivity index (χ2n) is 8.92. The molecule has 1 atom stereocenters. The van der Waals surface area contributed by atoms with Crippen LogP contribution in [-0.4, -0.2) is 16.8 Å². The van der Waals surface area contributed by atoms with Gasteiger partial charge in [0.15, 0.2) is 0 Å². The van der Waals surface area contributed by atoms with E-state index in [0.717, 1.165) is 12.1 Å². The van der Waals surface area contributed by atoms with Gasteiger partial charge in [-0.3, -0.25) is 14.6 Å². The molecule has 0 radical (unpaired) electrons. The maximum atomic E-state index is 13.9. The molecular formula is C26H24F4N4O3. The highest BCUT2D eigenvalue weighted by molar-refractivity contribution is 6.06. The van der Waals surface area contributed by atoms with E-state index in [1.54, 1.807) is 6.92 Å². The average molecular weight is 516 g/mol. The topological polar surface area (TPSA) is 120 Å². The number of aromatic nitrogens is 1. The van der Waals surface area contributed by atoms with Gasteiger partial charge >= 0.3 is 6.18 Å². The Morgan fingerprint density at radius 3 is 2.49 bits per heavy atom. The SMILES string of the molecule is Cc1cc(F)ccc1Oc1cc(C2CC2)c(C(F)(F)F)cc1C(=O)Nc1ccnc(C(N)CC(N)=O)c1. The number of halogens is 4. The van der Waals surface area contributed by atoms with E-state index in [9.17, 15) is 27.2 Å². The van der Waals surface area contributed by atoms with Gasteiger partial charge in [-0.25, -0.2) is 4.39 Å². The summed E-state index contributed by atoms with van der Waals surface area (Å²) in [6.45, 7) is 1.58. The number of nitrogens with two attached hydrogens (primary N) is 2. The molecule has 0 aliphatic heterocycles. The highest BCUT2D eigenvalue weighted by Crippen LogP contribution is 2.48. The van der Waals surface area contributed by atoms with Crippen LogP contribution in [-0.2, 0) is 11.0 Å². The van der Waals surface area contributed by atoms with Crippen LogP contribution in [0.15, 0.2) is 48.7 Å². The number of aryl methyl sites for hydroxylation is 1. The van der Waals surface area contributed by atoms with E-state index in [-0.39, 0.29) is 46.3 Å². The minimum absolute atomic E-state index is 0.0439. The molecule has 4 rings (SSSR count). The summed E-state index contributed by atoms with van der Waals surface area (Å²) in [7, 11) is 0. The van der Waals surface area contributed by atoms with Gasteiger partial charge in [0.25, 0.3) is 5.91 Å². The van der Waals surface area contributed by atoms with Gasteiger partial charge in [0.05, 0.1) is 22.9 Å². The number of hydrogen-bond donors (Lipinski definition) is 3. The molecule has 1 saturated carbocycles. The molecule has 1 aliphatic carbocycles. The van der Waals surface area contributed by atoms with Gasteiger partial charge in [0.1, 0.15) is 17.3 Å². The summed E-state index contributed by atoms with van der Waals surface area (Å²) < 4.78 is 61.3. The Morgan fingerprint density at radius 1 is 1.14 bits per heavy atom. The largest absolute Gasteiger partial charge is 0.456 e. The van der Waals surface area contributed by atoms with E-state index < -0.39 is 35.4 Å². The lowest BCUT2D eigenvalue weighted by molar-refractivity contribution is -0.138. The number of hydrogen-bond acceptors (Lipinski definition) is 5.